The summed E-state index contributed by atoms with van der Waals surface area (Å²) in [5.41, 5.74) is 4.38. The van der Waals surface area contributed by atoms with Crippen molar-refractivity contribution >= 4 is 11.9 Å². The number of oxime groups is 1. The summed E-state index contributed by atoms with van der Waals surface area (Å²) in [4.78, 5) is 12.5. The first kappa shape index (κ1) is 21.2. The van der Waals surface area contributed by atoms with Gasteiger partial charge in [-0.05, 0) is 54.3 Å². The molecule has 1 aromatic heterocycles. The molecule has 1 atom stereocenters. The van der Waals surface area contributed by atoms with Gasteiger partial charge in [-0.15, -0.1) is 0 Å². The highest BCUT2D eigenvalue weighted by Gasteiger charge is 2.48. The van der Waals surface area contributed by atoms with Crippen LogP contribution < -0.4 is 4.74 Å². The summed E-state index contributed by atoms with van der Waals surface area (Å²) in [5.74, 6) is 1.39. The number of nitrogens with zero attached hydrogens (tertiary/aromatic N) is 3. The van der Waals surface area contributed by atoms with Gasteiger partial charge in [-0.3, -0.25) is 4.98 Å². The van der Waals surface area contributed by atoms with E-state index in [1.54, 1.807) is 25.4 Å². The van der Waals surface area contributed by atoms with Crippen LogP contribution in [0.1, 0.15) is 37.3 Å². The van der Waals surface area contributed by atoms with Crippen molar-refractivity contribution in [3.05, 3.63) is 89.5 Å². The highest BCUT2D eigenvalue weighted by atomic mass is 19.1. The van der Waals surface area contributed by atoms with Crippen molar-refractivity contribution in [2.24, 2.45) is 5.16 Å². The fraction of sp³-hybridized carbons (Fsp3) is 0.259. The largest absolute Gasteiger partial charge is 0.496 e. The van der Waals surface area contributed by atoms with E-state index in [9.17, 15) is 4.39 Å². The predicted molar refractivity (Wildman–Crippen MR) is 127 cm³/mol. The number of aromatic nitrogens is 1. The van der Waals surface area contributed by atoms with Gasteiger partial charge in [-0.2, -0.15) is 0 Å². The quantitative estimate of drug-likeness (QED) is 0.487. The first-order valence-corrected chi connectivity index (χ1v) is 11.2. The van der Waals surface area contributed by atoms with Crippen molar-refractivity contribution in [3.63, 3.8) is 0 Å². The molecule has 1 fully saturated rings. The Morgan fingerprint density at radius 3 is 2.76 bits per heavy atom. The predicted octanol–water partition coefficient (Wildman–Crippen LogP) is 5.98. The minimum absolute atomic E-state index is 0.257. The number of pyridine rings is 1. The maximum atomic E-state index is 13.5. The molecule has 0 spiro atoms. The molecule has 2 aliphatic rings. The molecule has 3 aromatic rings. The molecule has 0 N–H and O–H groups in total. The molecule has 2 aliphatic heterocycles. The lowest BCUT2D eigenvalue weighted by molar-refractivity contribution is -0.109. The maximum Gasteiger partial charge on any atom is 0.237 e. The van der Waals surface area contributed by atoms with Crippen LogP contribution in [0.4, 0.5) is 4.39 Å². The van der Waals surface area contributed by atoms with E-state index in [4.69, 9.17) is 9.57 Å². The van der Waals surface area contributed by atoms with Gasteiger partial charge in [0.25, 0.3) is 0 Å². The smallest absolute Gasteiger partial charge is 0.237 e. The lowest BCUT2D eigenvalue weighted by Gasteiger charge is -2.39. The average Bonchev–Trinajstić information content (AvgIpc) is 3.26. The summed E-state index contributed by atoms with van der Waals surface area (Å²) in [6, 6.07) is 16.7. The summed E-state index contributed by atoms with van der Waals surface area (Å²) in [5, 5.41) is 4.51. The lowest BCUT2D eigenvalue weighted by atomic mass is 9.92. The first-order valence-electron chi connectivity index (χ1n) is 11.2. The summed E-state index contributed by atoms with van der Waals surface area (Å²) < 4.78 is 19.2. The van der Waals surface area contributed by atoms with Gasteiger partial charge < -0.3 is 14.5 Å². The van der Waals surface area contributed by atoms with Gasteiger partial charge in [0.15, 0.2) is 5.84 Å². The van der Waals surface area contributed by atoms with Gasteiger partial charge >= 0.3 is 0 Å². The Kier molecular flexibility index (Phi) is 5.58. The summed E-state index contributed by atoms with van der Waals surface area (Å²) in [6.07, 6.45) is 8.35. The van der Waals surface area contributed by atoms with E-state index >= 15 is 0 Å². The molecule has 33 heavy (non-hydrogen) atoms. The third kappa shape index (κ3) is 3.75. The zero-order valence-corrected chi connectivity index (χ0v) is 18.8. The zero-order valence-electron chi connectivity index (χ0n) is 18.8. The molecular weight excluding hydrogens is 417 g/mol. The average molecular weight is 444 g/mol. The van der Waals surface area contributed by atoms with Crippen molar-refractivity contribution in [2.45, 2.75) is 31.9 Å². The standard InChI is InChI=1S/C27H26FN3O2/c1-3-27(22-9-11-23(28)12-10-22)31-15-5-7-20(26(31)30-33-27)16-19-8-13-24(25(17-19)32-2)21-6-4-14-29-18-21/h4,6,8-14,16-18H,3,5,7,15H2,1-2H3/b20-16+. The Morgan fingerprint density at radius 1 is 1.18 bits per heavy atom. The topological polar surface area (TPSA) is 47.0 Å². The maximum absolute atomic E-state index is 13.5. The molecule has 5 rings (SSSR count). The number of hydrogen-bond acceptors (Lipinski definition) is 5. The molecular formula is C27H26FN3O2. The number of ether oxygens (including phenoxy) is 1. The molecule has 0 saturated carbocycles. The van der Waals surface area contributed by atoms with E-state index < -0.39 is 5.72 Å². The molecule has 168 valence electrons. The number of piperidine rings is 1. The number of methoxy groups -OCH3 is 1. The molecule has 5 nitrogen and oxygen atoms in total. The van der Waals surface area contributed by atoms with Crippen molar-refractivity contribution < 1.29 is 14.0 Å². The molecule has 0 amide bonds. The Labute approximate surface area is 193 Å². The number of rotatable bonds is 5. The van der Waals surface area contributed by atoms with Crippen LogP contribution in [0.15, 0.2) is 77.7 Å². The Balaban J connectivity index is 1.47. The van der Waals surface area contributed by atoms with Gasteiger partial charge in [-0.25, -0.2) is 4.39 Å². The van der Waals surface area contributed by atoms with Crippen LogP contribution in [-0.2, 0) is 10.6 Å². The van der Waals surface area contributed by atoms with E-state index in [0.29, 0.717) is 6.42 Å². The highest BCUT2D eigenvalue weighted by molar-refractivity contribution is 6.03. The first-order chi connectivity index (χ1) is 16.1. The fourth-order valence-corrected chi connectivity index (χ4v) is 4.72. The minimum atomic E-state index is -0.704. The van der Waals surface area contributed by atoms with E-state index in [2.05, 4.69) is 40.2 Å². The van der Waals surface area contributed by atoms with Crippen LogP contribution in [0.2, 0.25) is 0 Å². The second-order valence-electron chi connectivity index (χ2n) is 8.28. The van der Waals surface area contributed by atoms with Crippen molar-refractivity contribution in [1.29, 1.82) is 0 Å². The SMILES string of the molecule is CCC1(c2ccc(F)cc2)ON=C2/C(=C/c3ccc(-c4cccnc4)c(OC)c3)CCCN21. The zero-order chi connectivity index (χ0) is 22.8. The van der Waals surface area contributed by atoms with E-state index in [0.717, 1.165) is 58.8 Å². The van der Waals surface area contributed by atoms with E-state index in [1.807, 2.05) is 24.4 Å². The second-order valence-corrected chi connectivity index (χ2v) is 8.28. The van der Waals surface area contributed by atoms with Gasteiger partial charge in [0, 0.05) is 42.0 Å². The molecule has 0 bridgehead atoms. The molecule has 6 heteroatoms. The monoisotopic (exact) mass is 443 g/mol. The normalized spacial score (nSPS) is 20.9. The summed E-state index contributed by atoms with van der Waals surface area (Å²) in [7, 11) is 1.68. The van der Waals surface area contributed by atoms with Gasteiger partial charge in [-0.1, -0.05) is 42.4 Å². The second kappa shape index (κ2) is 8.70. The van der Waals surface area contributed by atoms with Crippen LogP contribution >= 0.6 is 0 Å². The number of benzene rings is 2. The van der Waals surface area contributed by atoms with Crippen LogP contribution in [-0.4, -0.2) is 29.4 Å². The van der Waals surface area contributed by atoms with Gasteiger partial charge in [0.1, 0.15) is 11.6 Å². The third-order valence-electron chi connectivity index (χ3n) is 6.40. The van der Waals surface area contributed by atoms with Crippen LogP contribution in [0.5, 0.6) is 5.75 Å². The van der Waals surface area contributed by atoms with Gasteiger partial charge in [0.05, 0.1) is 7.11 Å². The van der Waals surface area contributed by atoms with Crippen LogP contribution in [0, 0.1) is 5.82 Å². The molecule has 0 aliphatic carbocycles. The number of fused-ring (bicyclic) bond motifs is 1. The van der Waals surface area contributed by atoms with Crippen molar-refractivity contribution in [2.75, 3.05) is 13.7 Å². The number of halogens is 1. The van der Waals surface area contributed by atoms with Crippen molar-refractivity contribution in [1.82, 2.24) is 9.88 Å². The fourth-order valence-electron chi connectivity index (χ4n) is 4.72. The van der Waals surface area contributed by atoms with E-state index in [-0.39, 0.29) is 5.82 Å². The molecule has 3 heterocycles. The Bertz CT molecular complexity index is 1210. The summed E-state index contributed by atoms with van der Waals surface area (Å²) in [6.45, 7) is 2.91. The molecule has 2 aromatic carbocycles. The van der Waals surface area contributed by atoms with E-state index in [1.165, 1.54) is 12.1 Å². The van der Waals surface area contributed by atoms with Crippen LogP contribution in [0.3, 0.4) is 0 Å². The third-order valence-corrected chi connectivity index (χ3v) is 6.40. The number of amidine groups is 1. The minimum Gasteiger partial charge on any atom is -0.496 e. The summed E-state index contributed by atoms with van der Waals surface area (Å²) >= 11 is 0. The Morgan fingerprint density at radius 2 is 2.03 bits per heavy atom. The number of hydrogen-bond donors (Lipinski definition) is 0. The molecule has 1 saturated heterocycles. The molecule has 1 unspecified atom stereocenters. The van der Waals surface area contributed by atoms with Gasteiger partial charge in [0.2, 0.25) is 5.72 Å². The lowest BCUT2D eigenvalue weighted by Crippen LogP contribution is -2.48. The van der Waals surface area contributed by atoms with Crippen molar-refractivity contribution in [3.8, 4) is 16.9 Å². The highest BCUT2D eigenvalue weighted by Crippen LogP contribution is 2.42. The molecule has 0 radical (unpaired) electrons. The Hall–Kier alpha value is -3.67. The van der Waals surface area contributed by atoms with Crippen LogP contribution in [0.25, 0.3) is 17.2 Å².